The highest BCUT2D eigenvalue weighted by molar-refractivity contribution is 5.95. The van der Waals surface area contributed by atoms with Crippen LogP contribution in [0.25, 0.3) is 0 Å². The summed E-state index contributed by atoms with van der Waals surface area (Å²) >= 11 is 0. The number of carbonyl (C=O) groups is 2. The van der Waals surface area contributed by atoms with Crippen molar-refractivity contribution in [2.45, 2.75) is 40.2 Å². The average Bonchev–Trinajstić information content (AvgIpc) is 2.75. The highest BCUT2D eigenvalue weighted by atomic mass is 16.3. The first-order valence-electron chi connectivity index (χ1n) is 8.05. The Morgan fingerprint density at radius 2 is 1.78 bits per heavy atom. The van der Waals surface area contributed by atoms with Crippen LogP contribution in [0.3, 0.4) is 0 Å². The second-order valence-corrected chi connectivity index (χ2v) is 7.19. The van der Waals surface area contributed by atoms with Gasteiger partial charge in [-0.25, -0.2) is 0 Å². The van der Waals surface area contributed by atoms with E-state index in [1.165, 1.54) is 0 Å². The highest BCUT2D eigenvalue weighted by Gasteiger charge is 2.26. The number of carbonyl (C=O) groups excluding carboxylic acids is 2. The molecule has 1 aliphatic heterocycles. The summed E-state index contributed by atoms with van der Waals surface area (Å²) in [7, 11) is 0. The number of furan rings is 1. The second kappa shape index (κ2) is 6.74. The maximum atomic E-state index is 12.5. The summed E-state index contributed by atoms with van der Waals surface area (Å²) in [4.78, 5) is 28.4. The second-order valence-electron chi connectivity index (χ2n) is 7.19. The lowest BCUT2D eigenvalue weighted by Gasteiger charge is -2.34. The number of nitrogens with one attached hydrogen (secondary N) is 1. The first kappa shape index (κ1) is 17.5. The molecule has 1 fully saturated rings. The lowest BCUT2D eigenvalue weighted by atomic mass is 10.1. The maximum absolute atomic E-state index is 12.5. The van der Waals surface area contributed by atoms with Crippen LogP contribution in [0.5, 0.6) is 0 Å². The Morgan fingerprint density at radius 1 is 1.17 bits per heavy atom. The van der Waals surface area contributed by atoms with Gasteiger partial charge in [0.05, 0.1) is 12.1 Å². The van der Waals surface area contributed by atoms with E-state index in [0.717, 1.165) is 5.76 Å². The Balaban J connectivity index is 1.85. The van der Waals surface area contributed by atoms with Gasteiger partial charge in [0.25, 0.3) is 5.91 Å². The number of amides is 2. The zero-order valence-corrected chi connectivity index (χ0v) is 14.7. The molecule has 1 saturated heterocycles. The number of rotatable bonds is 3. The van der Waals surface area contributed by atoms with Crippen molar-refractivity contribution in [3.05, 3.63) is 23.2 Å². The monoisotopic (exact) mass is 321 g/mol. The van der Waals surface area contributed by atoms with Gasteiger partial charge < -0.3 is 14.6 Å². The molecule has 6 heteroatoms. The van der Waals surface area contributed by atoms with Crippen LogP contribution in [0.15, 0.2) is 10.5 Å². The minimum atomic E-state index is -0.217. The number of hydrogen-bond donors (Lipinski definition) is 1. The molecular formula is C17H27N3O3. The van der Waals surface area contributed by atoms with E-state index in [2.05, 4.69) is 10.2 Å². The Labute approximate surface area is 137 Å². The molecule has 1 N–H and O–H groups in total. The van der Waals surface area contributed by atoms with Crippen molar-refractivity contribution >= 4 is 11.8 Å². The Morgan fingerprint density at radius 3 is 2.26 bits per heavy atom. The minimum absolute atomic E-state index is 0.0122. The number of hydrogen-bond acceptors (Lipinski definition) is 4. The summed E-state index contributed by atoms with van der Waals surface area (Å²) in [5, 5.41) is 2.96. The number of nitrogens with zero attached hydrogens (tertiary/aromatic N) is 2. The van der Waals surface area contributed by atoms with E-state index in [-0.39, 0.29) is 17.4 Å². The van der Waals surface area contributed by atoms with Crippen molar-refractivity contribution in [1.29, 1.82) is 0 Å². The van der Waals surface area contributed by atoms with Crippen LogP contribution in [0.4, 0.5) is 0 Å². The molecular weight excluding hydrogens is 294 g/mol. The quantitative estimate of drug-likeness (QED) is 0.918. The summed E-state index contributed by atoms with van der Waals surface area (Å²) in [5.74, 6) is 1.46. The van der Waals surface area contributed by atoms with Crippen molar-refractivity contribution in [2.75, 3.05) is 32.7 Å². The molecule has 0 unspecified atom stereocenters. The van der Waals surface area contributed by atoms with Gasteiger partial charge >= 0.3 is 0 Å². The topological polar surface area (TPSA) is 65.8 Å². The van der Waals surface area contributed by atoms with Crippen LogP contribution in [0.1, 0.15) is 42.6 Å². The van der Waals surface area contributed by atoms with Crippen molar-refractivity contribution in [2.24, 2.45) is 0 Å². The van der Waals surface area contributed by atoms with Crippen LogP contribution in [0.2, 0.25) is 0 Å². The normalized spacial score (nSPS) is 16.5. The zero-order valence-electron chi connectivity index (χ0n) is 14.7. The van der Waals surface area contributed by atoms with E-state index in [1.807, 2.05) is 39.5 Å². The van der Waals surface area contributed by atoms with Gasteiger partial charge in [-0.1, -0.05) is 0 Å². The van der Waals surface area contributed by atoms with Gasteiger partial charge in [-0.2, -0.15) is 0 Å². The van der Waals surface area contributed by atoms with Gasteiger partial charge in [-0.3, -0.25) is 14.5 Å². The smallest absolute Gasteiger partial charge is 0.257 e. The summed E-state index contributed by atoms with van der Waals surface area (Å²) in [6, 6.07) is 1.79. The van der Waals surface area contributed by atoms with Crippen LogP contribution >= 0.6 is 0 Å². The van der Waals surface area contributed by atoms with Gasteiger partial charge in [0.15, 0.2) is 0 Å². The lowest BCUT2D eigenvalue weighted by Crippen LogP contribution is -2.52. The van der Waals surface area contributed by atoms with Gasteiger partial charge in [0.2, 0.25) is 5.91 Å². The van der Waals surface area contributed by atoms with E-state index in [0.29, 0.717) is 44.0 Å². The van der Waals surface area contributed by atoms with Crippen molar-refractivity contribution in [1.82, 2.24) is 15.1 Å². The van der Waals surface area contributed by atoms with Crippen molar-refractivity contribution < 1.29 is 14.0 Å². The fraction of sp³-hybridized carbons (Fsp3) is 0.647. The first-order valence-corrected chi connectivity index (χ1v) is 8.05. The lowest BCUT2D eigenvalue weighted by molar-refractivity contribution is -0.124. The molecule has 0 radical (unpaired) electrons. The Bertz CT molecular complexity index is 578. The molecule has 0 saturated carbocycles. The summed E-state index contributed by atoms with van der Waals surface area (Å²) < 4.78 is 5.44. The number of piperazine rings is 1. The minimum Gasteiger partial charge on any atom is -0.466 e. The molecule has 0 atom stereocenters. The molecule has 0 aromatic carbocycles. The molecule has 0 bridgehead atoms. The molecule has 6 nitrogen and oxygen atoms in total. The van der Waals surface area contributed by atoms with Crippen LogP contribution in [0, 0.1) is 13.8 Å². The Kier molecular flexibility index (Phi) is 5.14. The summed E-state index contributed by atoms with van der Waals surface area (Å²) in [5.41, 5.74) is 0.423. The van der Waals surface area contributed by atoms with Crippen LogP contribution in [-0.4, -0.2) is 59.9 Å². The largest absolute Gasteiger partial charge is 0.466 e. The fourth-order valence-electron chi connectivity index (χ4n) is 2.78. The third kappa shape index (κ3) is 4.82. The zero-order chi connectivity index (χ0) is 17.2. The van der Waals surface area contributed by atoms with Crippen LogP contribution < -0.4 is 5.32 Å². The molecule has 0 aliphatic carbocycles. The molecule has 2 rings (SSSR count). The van der Waals surface area contributed by atoms with E-state index in [9.17, 15) is 9.59 Å². The van der Waals surface area contributed by atoms with Gasteiger partial charge in [0.1, 0.15) is 11.5 Å². The van der Waals surface area contributed by atoms with E-state index < -0.39 is 0 Å². The molecule has 1 aliphatic rings. The SMILES string of the molecule is Cc1cc(C(=O)N2CCN(CC(=O)NC(C)(C)C)CC2)c(C)o1. The van der Waals surface area contributed by atoms with E-state index in [1.54, 1.807) is 6.07 Å². The number of aryl methyl sites for hydroxylation is 2. The maximum Gasteiger partial charge on any atom is 0.257 e. The summed E-state index contributed by atoms with van der Waals surface area (Å²) in [6.07, 6.45) is 0. The van der Waals surface area contributed by atoms with Gasteiger partial charge in [-0.05, 0) is 40.7 Å². The van der Waals surface area contributed by atoms with E-state index in [4.69, 9.17) is 4.42 Å². The van der Waals surface area contributed by atoms with E-state index >= 15 is 0 Å². The molecule has 2 heterocycles. The van der Waals surface area contributed by atoms with Crippen molar-refractivity contribution in [3.63, 3.8) is 0 Å². The molecule has 1 aromatic heterocycles. The fourth-order valence-corrected chi connectivity index (χ4v) is 2.78. The molecule has 1 aromatic rings. The highest BCUT2D eigenvalue weighted by Crippen LogP contribution is 2.17. The average molecular weight is 321 g/mol. The molecule has 23 heavy (non-hydrogen) atoms. The predicted octanol–water partition coefficient (Wildman–Crippen LogP) is 1.57. The third-order valence-electron chi connectivity index (χ3n) is 3.81. The summed E-state index contributed by atoms with van der Waals surface area (Å²) in [6.45, 7) is 12.6. The van der Waals surface area contributed by atoms with Crippen LogP contribution in [-0.2, 0) is 4.79 Å². The molecule has 128 valence electrons. The third-order valence-corrected chi connectivity index (χ3v) is 3.81. The first-order chi connectivity index (χ1) is 10.7. The standard InChI is InChI=1S/C17H27N3O3/c1-12-10-14(13(2)23-12)16(22)20-8-6-19(7-9-20)11-15(21)18-17(3,4)5/h10H,6-9,11H2,1-5H3,(H,18,21). The molecule has 2 amide bonds. The predicted molar refractivity (Wildman–Crippen MR) is 88.4 cm³/mol. The van der Waals surface area contributed by atoms with Gasteiger partial charge in [0, 0.05) is 31.7 Å². The van der Waals surface area contributed by atoms with Crippen molar-refractivity contribution in [3.8, 4) is 0 Å². The Hall–Kier alpha value is -1.82. The van der Waals surface area contributed by atoms with Gasteiger partial charge in [-0.15, -0.1) is 0 Å². The molecule has 0 spiro atoms.